The van der Waals surface area contributed by atoms with Crippen molar-refractivity contribution < 1.29 is 22.7 Å². The Bertz CT molecular complexity index is 1170. The van der Waals surface area contributed by atoms with Gasteiger partial charge < -0.3 is 10.1 Å². The number of carbonyl (C=O) groups is 1. The highest BCUT2D eigenvalue weighted by Crippen LogP contribution is 2.37. The van der Waals surface area contributed by atoms with Gasteiger partial charge in [-0.05, 0) is 37.3 Å². The molecule has 6 nitrogen and oxygen atoms in total. The smallest absolute Gasteiger partial charge is 0.418 e. The van der Waals surface area contributed by atoms with Crippen molar-refractivity contribution in [1.82, 2.24) is 14.8 Å². The summed E-state index contributed by atoms with van der Waals surface area (Å²) in [7, 11) is 1.54. The van der Waals surface area contributed by atoms with Crippen molar-refractivity contribution in [3.05, 3.63) is 65.7 Å². The largest absolute Gasteiger partial charge is 0.496 e. The summed E-state index contributed by atoms with van der Waals surface area (Å²) in [5.74, 6) is 0.485. The summed E-state index contributed by atoms with van der Waals surface area (Å²) in [5.41, 5.74) is -0.685. The van der Waals surface area contributed by atoms with Crippen molar-refractivity contribution in [1.29, 1.82) is 0 Å². The average molecular weight is 497 g/mol. The third kappa shape index (κ3) is 5.69. The van der Waals surface area contributed by atoms with Gasteiger partial charge in [-0.25, -0.2) is 0 Å². The molecule has 2 aromatic carbocycles. The number of methoxy groups -OCH3 is 1. The Morgan fingerprint density at radius 1 is 1.30 bits per heavy atom. The van der Waals surface area contributed by atoms with Crippen LogP contribution >= 0.6 is 23.4 Å². The zero-order chi connectivity index (χ0) is 24.2. The number of nitrogens with zero attached hydrogens (tertiary/aromatic N) is 3. The fraction of sp³-hybridized carbons (Fsp3) is 0.227. The molecule has 0 aliphatic rings. The lowest BCUT2D eigenvalue weighted by molar-refractivity contribution is -0.137. The number of thioether (sulfide) groups is 1. The van der Waals surface area contributed by atoms with Crippen LogP contribution in [0.5, 0.6) is 5.75 Å². The highest BCUT2D eigenvalue weighted by molar-refractivity contribution is 8.00. The van der Waals surface area contributed by atoms with Crippen molar-refractivity contribution in [2.45, 2.75) is 30.1 Å². The molecule has 0 aliphatic heterocycles. The number of carbonyl (C=O) groups excluding carboxylic acids is 1. The van der Waals surface area contributed by atoms with Crippen molar-refractivity contribution in [2.75, 3.05) is 12.4 Å². The number of ether oxygens (including phenoxy) is 1. The standard InChI is InChI=1S/C22H20ClF3N4O2S/c1-4-11-30-19(15-7-5-6-8-18(15)32-3)28-29-21(30)33-13(2)20(31)27-17-10-9-14(23)12-16(17)22(24,25)26/h4-10,12-13H,1,11H2,2-3H3,(H,27,31). The van der Waals surface area contributed by atoms with E-state index in [-0.39, 0.29) is 10.7 Å². The van der Waals surface area contributed by atoms with Crippen LogP contribution in [0.4, 0.5) is 18.9 Å². The van der Waals surface area contributed by atoms with Crippen LogP contribution < -0.4 is 10.1 Å². The van der Waals surface area contributed by atoms with Crippen molar-refractivity contribution in [3.8, 4) is 17.1 Å². The van der Waals surface area contributed by atoms with Gasteiger partial charge in [-0.3, -0.25) is 9.36 Å². The summed E-state index contributed by atoms with van der Waals surface area (Å²) in [4.78, 5) is 12.7. The fourth-order valence-electron chi connectivity index (χ4n) is 3.00. The molecule has 0 radical (unpaired) electrons. The highest BCUT2D eigenvalue weighted by atomic mass is 35.5. The number of alkyl halides is 3. The predicted octanol–water partition coefficient (Wildman–Crippen LogP) is 5.93. The zero-order valence-electron chi connectivity index (χ0n) is 17.7. The molecule has 33 heavy (non-hydrogen) atoms. The fourth-order valence-corrected chi connectivity index (χ4v) is 4.03. The van der Waals surface area contributed by atoms with Gasteiger partial charge in [0.05, 0.1) is 29.2 Å². The number of para-hydroxylation sites is 1. The van der Waals surface area contributed by atoms with Gasteiger partial charge in [0.2, 0.25) is 5.91 Å². The first kappa shape index (κ1) is 24.7. The van der Waals surface area contributed by atoms with E-state index in [1.807, 2.05) is 18.2 Å². The zero-order valence-corrected chi connectivity index (χ0v) is 19.3. The number of nitrogens with one attached hydrogen (secondary N) is 1. The Balaban J connectivity index is 1.85. The van der Waals surface area contributed by atoms with E-state index >= 15 is 0 Å². The van der Waals surface area contributed by atoms with Crippen molar-refractivity contribution in [3.63, 3.8) is 0 Å². The molecule has 0 fully saturated rings. The summed E-state index contributed by atoms with van der Waals surface area (Å²) in [6.45, 7) is 5.67. The van der Waals surface area contributed by atoms with Crippen LogP contribution in [0.2, 0.25) is 5.02 Å². The Hall–Kier alpha value is -2.98. The van der Waals surface area contributed by atoms with Crippen LogP contribution in [0.1, 0.15) is 12.5 Å². The lowest BCUT2D eigenvalue weighted by Gasteiger charge is -2.17. The summed E-state index contributed by atoms with van der Waals surface area (Å²) >= 11 is 6.76. The second kappa shape index (κ2) is 10.3. The van der Waals surface area contributed by atoms with E-state index in [0.717, 1.165) is 23.9 Å². The Kier molecular flexibility index (Phi) is 7.70. The quantitative estimate of drug-likeness (QED) is 0.309. The molecule has 1 unspecified atom stereocenters. The minimum atomic E-state index is -4.67. The molecule has 174 valence electrons. The number of rotatable bonds is 8. The summed E-state index contributed by atoms with van der Waals surface area (Å²) in [6.07, 6.45) is -3.02. The first-order chi connectivity index (χ1) is 15.7. The number of halogens is 4. The van der Waals surface area contributed by atoms with Crippen LogP contribution in [0.15, 0.2) is 60.3 Å². The molecule has 3 rings (SSSR count). The lowest BCUT2D eigenvalue weighted by Crippen LogP contribution is -2.24. The van der Waals surface area contributed by atoms with E-state index in [1.165, 1.54) is 6.07 Å². The number of hydrogen-bond acceptors (Lipinski definition) is 5. The maximum absolute atomic E-state index is 13.3. The SMILES string of the molecule is C=CCn1c(SC(C)C(=O)Nc2ccc(Cl)cc2C(F)(F)F)nnc1-c1ccccc1OC. The average Bonchev–Trinajstić information content (AvgIpc) is 3.16. The molecule has 1 amide bonds. The molecule has 1 atom stereocenters. The van der Waals surface area contributed by atoms with E-state index in [1.54, 1.807) is 30.7 Å². The molecule has 11 heteroatoms. The predicted molar refractivity (Wildman–Crippen MR) is 123 cm³/mol. The number of anilines is 1. The molecule has 0 aliphatic carbocycles. The molecular formula is C22H20ClF3N4O2S. The Labute approximate surface area is 197 Å². The second-order valence-electron chi connectivity index (χ2n) is 6.84. The van der Waals surface area contributed by atoms with Gasteiger partial charge in [0.1, 0.15) is 5.75 Å². The minimum absolute atomic E-state index is 0.0795. The first-order valence-electron chi connectivity index (χ1n) is 9.67. The van der Waals surface area contributed by atoms with E-state index in [9.17, 15) is 18.0 Å². The van der Waals surface area contributed by atoms with E-state index in [2.05, 4.69) is 22.1 Å². The number of aromatic nitrogens is 3. The van der Waals surface area contributed by atoms with Crippen LogP contribution in [-0.2, 0) is 17.5 Å². The molecule has 0 saturated heterocycles. The monoisotopic (exact) mass is 496 g/mol. The maximum Gasteiger partial charge on any atom is 0.418 e. The lowest BCUT2D eigenvalue weighted by atomic mass is 10.1. The topological polar surface area (TPSA) is 69.0 Å². The van der Waals surface area contributed by atoms with Crippen LogP contribution in [0, 0.1) is 0 Å². The van der Waals surface area contributed by atoms with E-state index in [0.29, 0.717) is 28.8 Å². The molecular weight excluding hydrogens is 477 g/mol. The van der Waals surface area contributed by atoms with Gasteiger partial charge in [-0.15, -0.1) is 16.8 Å². The number of amides is 1. The molecule has 0 spiro atoms. The van der Waals surface area contributed by atoms with Gasteiger partial charge >= 0.3 is 6.18 Å². The van der Waals surface area contributed by atoms with Crippen molar-refractivity contribution in [2.24, 2.45) is 0 Å². The number of allylic oxidation sites excluding steroid dienone is 1. The Morgan fingerprint density at radius 2 is 2.03 bits per heavy atom. The molecule has 0 bridgehead atoms. The first-order valence-corrected chi connectivity index (χ1v) is 10.9. The van der Waals surface area contributed by atoms with Gasteiger partial charge in [-0.1, -0.05) is 41.6 Å². The second-order valence-corrected chi connectivity index (χ2v) is 8.59. The molecule has 0 saturated carbocycles. The molecule has 1 N–H and O–H groups in total. The number of hydrogen-bond donors (Lipinski definition) is 1. The summed E-state index contributed by atoms with van der Waals surface area (Å²) < 4.78 is 47.2. The van der Waals surface area contributed by atoms with E-state index in [4.69, 9.17) is 16.3 Å². The maximum atomic E-state index is 13.3. The molecule has 1 aromatic heterocycles. The molecule has 3 aromatic rings. The third-order valence-electron chi connectivity index (χ3n) is 4.57. The summed E-state index contributed by atoms with van der Waals surface area (Å²) in [6, 6.07) is 10.4. The van der Waals surface area contributed by atoms with Crippen LogP contribution in [-0.4, -0.2) is 33.0 Å². The third-order valence-corrected chi connectivity index (χ3v) is 5.89. The van der Waals surface area contributed by atoms with Gasteiger partial charge in [0.25, 0.3) is 0 Å². The van der Waals surface area contributed by atoms with E-state index < -0.39 is 22.9 Å². The van der Waals surface area contributed by atoms with Crippen LogP contribution in [0.25, 0.3) is 11.4 Å². The van der Waals surface area contributed by atoms with Crippen LogP contribution in [0.3, 0.4) is 0 Å². The van der Waals surface area contributed by atoms with Gasteiger partial charge in [0.15, 0.2) is 11.0 Å². The van der Waals surface area contributed by atoms with Gasteiger partial charge in [-0.2, -0.15) is 13.2 Å². The summed E-state index contributed by atoms with van der Waals surface area (Å²) in [5, 5.41) is 10.3. The highest BCUT2D eigenvalue weighted by Gasteiger charge is 2.34. The number of benzene rings is 2. The minimum Gasteiger partial charge on any atom is -0.496 e. The van der Waals surface area contributed by atoms with Gasteiger partial charge in [0, 0.05) is 11.6 Å². The van der Waals surface area contributed by atoms with Crippen molar-refractivity contribution >= 4 is 35.0 Å². The molecule has 1 heterocycles. The Morgan fingerprint density at radius 3 is 2.70 bits per heavy atom. The normalized spacial score (nSPS) is 12.3.